The third-order valence-electron chi connectivity index (χ3n) is 4.48. The zero-order valence-corrected chi connectivity index (χ0v) is 18.3. The first-order valence-electron chi connectivity index (χ1n) is 9.96. The van der Waals surface area contributed by atoms with E-state index in [0.717, 1.165) is 5.56 Å². The van der Waals surface area contributed by atoms with E-state index in [-0.39, 0.29) is 18.4 Å². The van der Waals surface area contributed by atoms with Crippen molar-refractivity contribution in [3.8, 4) is 17.2 Å². The van der Waals surface area contributed by atoms with E-state index in [2.05, 4.69) is 20.8 Å². The number of benzene rings is 3. The zero-order valence-electron chi connectivity index (χ0n) is 17.5. The van der Waals surface area contributed by atoms with Gasteiger partial charge in [0.2, 0.25) is 11.8 Å². The minimum Gasteiger partial charge on any atom is -0.484 e. The van der Waals surface area contributed by atoms with E-state index in [1.54, 1.807) is 72.8 Å². The van der Waals surface area contributed by atoms with Crippen molar-refractivity contribution in [3.63, 3.8) is 0 Å². The number of nitrogens with zero attached hydrogens (tertiary/aromatic N) is 2. The second-order valence-corrected chi connectivity index (χ2v) is 7.47. The van der Waals surface area contributed by atoms with Gasteiger partial charge in [-0.1, -0.05) is 17.7 Å². The number of halogens is 1. The molecule has 3 aromatic carbocycles. The average molecular weight is 463 g/mol. The minimum absolute atomic E-state index is 0.0720. The number of nitrogens with one attached hydrogen (secondary N) is 2. The molecule has 8 nitrogen and oxygen atoms in total. The Morgan fingerprint density at radius 1 is 0.939 bits per heavy atom. The van der Waals surface area contributed by atoms with Crippen molar-refractivity contribution >= 4 is 34.8 Å². The fourth-order valence-corrected chi connectivity index (χ4v) is 3.07. The molecule has 4 aromatic rings. The summed E-state index contributed by atoms with van der Waals surface area (Å²) < 4.78 is 11.4. The second-order valence-electron chi connectivity index (χ2n) is 7.04. The lowest BCUT2D eigenvalue weighted by Crippen LogP contribution is -2.12. The van der Waals surface area contributed by atoms with E-state index in [4.69, 9.17) is 20.8 Å². The van der Waals surface area contributed by atoms with Gasteiger partial charge in [0.1, 0.15) is 5.75 Å². The van der Waals surface area contributed by atoms with E-state index in [0.29, 0.717) is 39.5 Å². The molecule has 0 spiro atoms. The van der Waals surface area contributed by atoms with Crippen molar-refractivity contribution in [2.75, 3.05) is 10.6 Å². The van der Waals surface area contributed by atoms with Gasteiger partial charge in [-0.3, -0.25) is 9.59 Å². The van der Waals surface area contributed by atoms with Crippen molar-refractivity contribution in [2.24, 2.45) is 0 Å². The standard InChI is InChI=1S/C24H19ClN4O4/c1-15(30)26-19-11-7-16(8-12-19)23(31)27-20-3-2-4-21(13-20)32-14-22-28-29-24(33-22)17-5-9-18(25)10-6-17/h2-13H,14H2,1H3,(H,26,30)(H,27,31). The maximum Gasteiger partial charge on any atom is 0.255 e. The molecule has 2 N–H and O–H groups in total. The van der Waals surface area contributed by atoms with Crippen molar-refractivity contribution in [3.05, 3.63) is 89.3 Å². The van der Waals surface area contributed by atoms with Gasteiger partial charge in [-0.05, 0) is 60.7 Å². The Morgan fingerprint density at radius 3 is 2.42 bits per heavy atom. The van der Waals surface area contributed by atoms with Gasteiger partial charge >= 0.3 is 0 Å². The largest absolute Gasteiger partial charge is 0.484 e. The van der Waals surface area contributed by atoms with Crippen LogP contribution in [0.25, 0.3) is 11.5 Å². The molecule has 0 atom stereocenters. The molecule has 0 radical (unpaired) electrons. The topological polar surface area (TPSA) is 106 Å². The van der Waals surface area contributed by atoms with Crippen molar-refractivity contribution < 1.29 is 18.7 Å². The molecule has 0 saturated carbocycles. The van der Waals surface area contributed by atoms with Crippen LogP contribution in [0.5, 0.6) is 5.75 Å². The molecule has 0 fully saturated rings. The molecule has 4 rings (SSSR count). The van der Waals surface area contributed by atoms with Gasteiger partial charge in [-0.2, -0.15) is 0 Å². The van der Waals surface area contributed by atoms with Gasteiger partial charge in [-0.25, -0.2) is 0 Å². The molecular formula is C24H19ClN4O4. The SMILES string of the molecule is CC(=O)Nc1ccc(C(=O)Nc2cccc(OCc3nnc(-c4ccc(Cl)cc4)o3)c2)cc1. The first-order chi connectivity index (χ1) is 16.0. The maximum atomic E-state index is 12.5. The lowest BCUT2D eigenvalue weighted by atomic mass is 10.2. The van der Waals surface area contributed by atoms with Crippen LogP contribution in [0, 0.1) is 0 Å². The molecule has 0 saturated heterocycles. The third-order valence-corrected chi connectivity index (χ3v) is 4.73. The number of amides is 2. The highest BCUT2D eigenvalue weighted by atomic mass is 35.5. The molecule has 0 unspecified atom stereocenters. The summed E-state index contributed by atoms with van der Waals surface area (Å²) in [6.45, 7) is 1.50. The van der Waals surface area contributed by atoms with Crippen molar-refractivity contribution in [1.29, 1.82) is 0 Å². The van der Waals surface area contributed by atoms with Crippen molar-refractivity contribution in [2.45, 2.75) is 13.5 Å². The number of anilines is 2. The summed E-state index contributed by atoms with van der Waals surface area (Å²) in [6, 6.07) is 20.6. The zero-order chi connectivity index (χ0) is 23.2. The number of aromatic nitrogens is 2. The monoisotopic (exact) mass is 462 g/mol. The summed E-state index contributed by atoms with van der Waals surface area (Å²) in [7, 11) is 0. The third kappa shape index (κ3) is 5.96. The second kappa shape index (κ2) is 9.97. The van der Waals surface area contributed by atoms with Gasteiger partial charge in [0.05, 0.1) is 0 Å². The number of carbonyl (C=O) groups is 2. The van der Waals surface area contributed by atoms with Gasteiger partial charge in [0.25, 0.3) is 11.8 Å². The van der Waals surface area contributed by atoms with E-state index in [1.165, 1.54) is 6.92 Å². The Morgan fingerprint density at radius 2 is 1.70 bits per heavy atom. The summed E-state index contributed by atoms with van der Waals surface area (Å²) in [6.07, 6.45) is 0. The Kier molecular flexibility index (Phi) is 6.66. The van der Waals surface area contributed by atoms with Crippen LogP contribution >= 0.6 is 11.6 Å². The molecule has 0 aliphatic carbocycles. The Hall–Kier alpha value is -4.17. The normalized spacial score (nSPS) is 10.5. The van der Waals surface area contributed by atoms with Crippen molar-refractivity contribution in [1.82, 2.24) is 10.2 Å². The highest BCUT2D eigenvalue weighted by Crippen LogP contribution is 2.22. The highest BCUT2D eigenvalue weighted by molar-refractivity contribution is 6.30. The van der Waals surface area contributed by atoms with Gasteiger partial charge in [-0.15, -0.1) is 10.2 Å². The smallest absolute Gasteiger partial charge is 0.255 e. The van der Waals surface area contributed by atoms with E-state index < -0.39 is 0 Å². The summed E-state index contributed by atoms with van der Waals surface area (Å²) in [5.74, 6) is 0.751. The fraction of sp³-hybridized carbons (Fsp3) is 0.0833. The van der Waals surface area contributed by atoms with Crippen LogP contribution < -0.4 is 15.4 Å². The lowest BCUT2D eigenvalue weighted by Gasteiger charge is -2.09. The maximum absolute atomic E-state index is 12.5. The van der Waals surface area contributed by atoms with E-state index in [1.807, 2.05) is 0 Å². The fourth-order valence-electron chi connectivity index (χ4n) is 2.94. The molecular weight excluding hydrogens is 444 g/mol. The summed E-state index contributed by atoms with van der Waals surface area (Å²) in [4.78, 5) is 23.6. The Labute approximate surface area is 194 Å². The van der Waals surface area contributed by atoms with Gasteiger partial charge in [0.15, 0.2) is 6.61 Å². The summed E-state index contributed by atoms with van der Waals surface area (Å²) >= 11 is 5.90. The van der Waals surface area contributed by atoms with Gasteiger partial charge in [0, 0.05) is 40.5 Å². The average Bonchev–Trinajstić information content (AvgIpc) is 3.27. The van der Waals surface area contributed by atoms with Crippen LogP contribution in [0.4, 0.5) is 11.4 Å². The van der Waals surface area contributed by atoms with E-state index >= 15 is 0 Å². The number of carbonyl (C=O) groups excluding carboxylic acids is 2. The summed E-state index contributed by atoms with van der Waals surface area (Å²) in [5.41, 5.74) is 2.40. The highest BCUT2D eigenvalue weighted by Gasteiger charge is 2.10. The Bertz CT molecular complexity index is 1270. The molecule has 166 valence electrons. The molecule has 9 heteroatoms. The minimum atomic E-state index is -0.286. The van der Waals surface area contributed by atoms with Crippen LogP contribution in [0.15, 0.2) is 77.2 Å². The number of hydrogen-bond donors (Lipinski definition) is 2. The molecule has 1 aromatic heterocycles. The molecule has 0 bridgehead atoms. The number of hydrogen-bond acceptors (Lipinski definition) is 6. The summed E-state index contributed by atoms with van der Waals surface area (Å²) in [5, 5.41) is 14.1. The van der Waals surface area contributed by atoms with Crippen LogP contribution in [0.1, 0.15) is 23.2 Å². The van der Waals surface area contributed by atoms with Crippen LogP contribution in [-0.4, -0.2) is 22.0 Å². The van der Waals surface area contributed by atoms with Crippen LogP contribution in [0.3, 0.4) is 0 Å². The molecule has 1 heterocycles. The quantitative estimate of drug-likeness (QED) is 0.392. The molecule has 0 aliphatic rings. The lowest BCUT2D eigenvalue weighted by molar-refractivity contribution is -0.114. The first kappa shape index (κ1) is 22.0. The number of ether oxygens (including phenoxy) is 1. The molecule has 0 aliphatic heterocycles. The molecule has 33 heavy (non-hydrogen) atoms. The first-order valence-corrected chi connectivity index (χ1v) is 10.3. The molecule has 2 amide bonds. The van der Waals surface area contributed by atoms with Crippen LogP contribution in [0.2, 0.25) is 5.02 Å². The van der Waals surface area contributed by atoms with E-state index in [9.17, 15) is 9.59 Å². The Balaban J connectivity index is 1.35. The number of rotatable bonds is 7. The predicted molar refractivity (Wildman–Crippen MR) is 124 cm³/mol. The van der Waals surface area contributed by atoms with Gasteiger partial charge < -0.3 is 19.8 Å². The van der Waals surface area contributed by atoms with Crippen LogP contribution in [-0.2, 0) is 11.4 Å². The predicted octanol–water partition coefficient (Wildman–Crippen LogP) is 5.18.